The Hall–Kier alpha value is -2.04. The van der Waals surface area contributed by atoms with E-state index in [9.17, 15) is 9.59 Å². The first-order chi connectivity index (χ1) is 10.5. The van der Waals surface area contributed by atoms with Crippen LogP contribution in [0.25, 0.3) is 0 Å². The van der Waals surface area contributed by atoms with Crippen LogP contribution in [0, 0.1) is 0 Å². The van der Waals surface area contributed by atoms with Crippen molar-refractivity contribution in [3.8, 4) is 0 Å². The molecule has 1 rings (SSSR count). The van der Waals surface area contributed by atoms with Gasteiger partial charge in [-0.2, -0.15) is 0 Å². The summed E-state index contributed by atoms with van der Waals surface area (Å²) >= 11 is 0. The van der Waals surface area contributed by atoms with Gasteiger partial charge in [-0.05, 0) is 47.1 Å². The van der Waals surface area contributed by atoms with E-state index in [-0.39, 0.29) is 0 Å². The lowest BCUT2D eigenvalue weighted by atomic mass is 10.1. The summed E-state index contributed by atoms with van der Waals surface area (Å²) in [5.74, 6) is -0.479. The summed E-state index contributed by atoms with van der Waals surface area (Å²) in [6.45, 7) is 10.7. The molecule has 0 fully saturated rings. The summed E-state index contributed by atoms with van der Waals surface area (Å²) < 4.78 is 10.6. The second kappa shape index (κ2) is 7.49. The molecule has 0 bridgehead atoms. The first kappa shape index (κ1) is 19.0. The average Bonchev–Trinajstić information content (AvgIpc) is 2.34. The minimum atomic E-state index is -0.800. The van der Waals surface area contributed by atoms with Crippen LogP contribution in [-0.4, -0.2) is 29.3 Å². The summed E-state index contributed by atoms with van der Waals surface area (Å²) in [6, 6.07) is 8.66. The molecule has 5 nitrogen and oxygen atoms in total. The summed E-state index contributed by atoms with van der Waals surface area (Å²) in [5.41, 5.74) is -0.323. The maximum absolute atomic E-state index is 12.4. The molecule has 0 spiro atoms. The Balaban J connectivity index is 2.83. The summed E-state index contributed by atoms with van der Waals surface area (Å²) in [6.07, 6.45) is -0.293. The van der Waals surface area contributed by atoms with E-state index in [4.69, 9.17) is 9.47 Å². The molecule has 23 heavy (non-hydrogen) atoms. The van der Waals surface area contributed by atoms with Crippen LogP contribution in [0.5, 0.6) is 0 Å². The van der Waals surface area contributed by atoms with Gasteiger partial charge < -0.3 is 14.8 Å². The molecule has 0 radical (unpaired) electrons. The zero-order chi connectivity index (χ0) is 17.7. The Labute approximate surface area is 138 Å². The van der Waals surface area contributed by atoms with Crippen molar-refractivity contribution in [1.82, 2.24) is 5.32 Å². The average molecular weight is 321 g/mol. The first-order valence-corrected chi connectivity index (χ1v) is 7.72. The van der Waals surface area contributed by atoms with Crippen molar-refractivity contribution in [2.24, 2.45) is 0 Å². The number of nitrogens with one attached hydrogen (secondary N) is 1. The molecule has 1 aromatic carbocycles. The Bertz CT molecular complexity index is 526. The Morgan fingerprint density at radius 1 is 0.957 bits per heavy atom. The number of hydrogen-bond acceptors (Lipinski definition) is 4. The van der Waals surface area contributed by atoms with Crippen molar-refractivity contribution < 1.29 is 19.1 Å². The van der Waals surface area contributed by atoms with Crippen LogP contribution >= 0.6 is 0 Å². The molecule has 0 unspecified atom stereocenters. The zero-order valence-electron chi connectivity index (χ0n) is 14.8. The molecule has 1 amide bonds. The third kappa shape index (κ3) is 8.24. The van der Waals surface area contributed by atoms with Crippen LogP contribution in [0.1, 0.15) is 47.1 Å². The fourth-order valence-corrected chi connectivity index (χ4v) is 1.87. The van der Waals surface area contributed by atoms with Gasteiger partial charge in [0.2, 0.25) is 0 Å². The minimum absolute atomic E-state index is 0.342. The number of alkyl carbamates (subject to hydrolysis) is 1. The highest BCUT2D eigenvalue weighted by Gasteiger charge is 2.28. The van der Waals surface area contributed by atoms with Gasteiger partial charge in [0, 0.05) is 6.42 Å². The third-order valence-corrected chi connectivity index (χ3v) is 2.66. The smallest absolute Gasteiger partial charge is 0.408 e. The quantitative estimate of drug-likeness (QED) is 0.863. The van der Waals surface area contributed by atoms with E-state index in [1.165, 1.54) is 0 Å². The Morgan fingerprint density at radius 2 is 1.48 bits per heavy atom. The summed E-state index contributed by atoms with van der Waals surface area (Å²) in [4.78, 5) is 24.4. The van der Waals surface area contributed by atoms with E-state index < -0.39 is 29.3 Å². The second-order valence-electron chi connectivity index (χ2n) is 7.42. The number of carbonyl (C=O) groups is 2. The van der Waals surface area contributed by atoms with Gasteiger partial charge in [0.05, 0.1) is 0 Å². The molecule has 0 aromatic heterocycles. The van der Waals surface area contributed by atoms with Crippen molar-refractivity contribution in [2.75, 3.05) is 0 Å². The van der Waals surface area contributed by atoms with Gasteiger partial charge >= 0.3 is 12.1 Å². The molecule has 0 aliphatic heterocycles. The lowest BCUT2D eigenvalue weighted by molar-refractivity contribution is -0.157. The van der Waals surface area contributed by atoms with Gasteiger partial charge in [-0.15, -0.1) is 0 Å². The third-order valence-electron chi connectivity index (χ3n) is 2.66. The van der Waals surface area contributed by atoms with E-state index >= 15 is 0 Å². The number of carbonyl (C=O) groups excluding carboxylic acids is 2. The van der Waals surface area contributed by atoms with E-state index in [1.54, 1.807) is 41.5 Å². The molecule has 128 valence electrons. The Morgan fingerprint density at radius 3 is 1.96 bits per heavy atom. The lowest BCUT2D eigenvalue weighted by Gasteiger charge is -2.26. The summed E-state index contributed by atoms with van der Waals surface area (Å²) in [7, 11) is 0. The molecule has 0 saturated heterocycles. The SMILES string of the molecule is CC(C)(C)OC(=O)N[C@@H](Cc1ccccc1)C(=O)OC(C)(C)C. The molecule has 1 atom stereocenters. The van der Waals surface area contributed by atoms with Gasteiger partial charge in [0.15, 0.2) is 0 Å². The first-order valence-electron chi connectivity index (χ1n) is 7.72. The number of esters is 1. The van der Waals surface area contributed by atoms with Crippen LogP contribution in [-0.2, 0) is 20.7 Å². The predicted molar refractivity (Wildman–Crippen MR) is 89.1 cm³/mol. The molecule has 0 aliphatic rings. The van der Waals surface area contributed by atoms with E-state index in [1.807, 2.05) is 30.3 Å². The van der Waals surface area contributed by atoms with Crippen molar-refractivity contribution in [3.63, 3.8) is 0 Å². The monoisotopic (exact) mass is 321 g/mol. The van der Waals surface area contributed by atoms with E-state index in [2.05, 4.69) is 5.32 Å². The minimum Gasteiger partial charge on any atom is -0.458 e. The van der Waals surface area contributed by atoms with Gasteiger partial charge in [-0.3, -0.25) is 0 Å². The molecule has 5 heteroatoms. The van der Waals surface area contributed by atoms with Crippen LogP contribution in [0.4, 0.5) is 4.79 Å². The predicted octanol–water partition coefficient (Wildman–Crippen LogP) is 3.46. The Kier molecular flexibility index (Phi) is 6.19. The van der Waals surface area contributed by atoms with Crippen molar-refractivity contribution in [1.29, 1.82) is 0 Å². The molecular weight excluding hydrogens is 294 g/mol. The fraction of sp³-hybridized carbons (Fsp3) is 0.556. The maximum atomic E-state index is 12.4. The number of rotatable bonds is 4. The van der Waals surface area contributed by atoms with Crippen molar-refractivity contribution >= 4 is 12.1 Å². The second-order valence-corrected chi connectivity index (χ2v) is 7.42. The highest BCUT2D eigenvalue weighted by Crippen LogP contribution is 2.13. The lowest BCUT2D eigenvalue weighted by Crippen LogP contribution is -2.47. The van der Waals surface area contributed by atoms with Gasteiger partial charge in [-0.1, -0.05) is 30.3 Å². The number of benzene rings is 1. The molecule has 0 aliphatic carbocycles. The van der Waals surface area contributed by atoms with E-state index in [0.29, 0.717) is 6.42 Å². The zero-order valence-corrected chi connectivity index (χ0v) is 14.8. The largest absolute Gasteiger partial charge is 0.458 e. The van der Waals surface area contributed by atoms with Crippen LogP contribution < -0.4 is 5.32 Å². The van der Waals surface area contributed by atoms with Gasteiger partial charge in [-0.25, -0.2) is 9.59 Å². The molecule has 1 N–H and O–H groups in total. The van der Waals surface area contributed by atoms with Crippen LogP contribution in [0.2, 0.25) is 0 Å². The van der Waals surface area contributed by atoms with Crippen molar-refractivity contribution in [2.45, 2.75) is 65.2 Å². The van der Waals surface area contributed by atoms with E-state index in [0.717, 1.165) is 5.56 Å². The maximum Gasteiger partial charge on any atom is 0.408 e. The standard InChI is InChI=1S/C18H27NO4/c1-17(2,3)22-15(20)14(12-13-10-8-7-9-11-13)19-16(21)23-18(4,5)6/h7-11,14H,12H2,1-6H3,(H,19,21)/t14-/m0/s1. The number of hydrogen-bond donors (Lipinski definition) is 1. The normalized spacial score (nSPS) is 13.1. The van der Waals surface area contributed by atoms with Crippen LogP contribution in [0.15, 0.2) is 30.3 Å². The number of amides is 1. The molecular formula is C18H27NO4. The topological polar surface area (TPSA) is 64.6 Å². The van der Waals surface area contributed by atoms with Gasteiger partial charge in [0.25, 0.3) is 0 Å². The van der Waals surface area contributed by atoms with Crippen molar-refractivity contribution in [3.05, 3.63) is 35.9 Å². The van der Waals surface area contributed by atoms with Crippen LogP contribution in [0.3, 0.4) is 0 Å². The number of ether oxygens (including phenoxy) is 2. The summed E-state index contributed by atoms with van der Waals surface area (Å²) in [5, 5.41) is 2.61. The molecule has 0 heterocycles. The molecule has 1 aromatic rings. The van der Waals surface area contributed by atoms with Gasteiger partial charge in [0.1, 0.15) is 17.2 Å². The highest BCUT2D eigenvalue weighted by molar-refractivity contribution is 5.82. The fourth-order valence-electron chi connectivity index (χ4n) is 1.87. The highest BCUT2D eigenvalue weighted by atomic mass is 16.6. The molecule has 0 saturated carbocycles.